The van der Waals surface area contributed by atoms with Gasteiger partial charge in [0.2, 0.25) is 0 Å². The Kier molecular flexibility index (Phi) is 3.00. The van der Waals surface area contributed by atoms with E-state index in [4.69, 9.17) is 10.8 Å². The van der Waals surface area contributed by atoms with Gasteiger partial charge >= 0.3 is 0 Å². The lowest BCUT2D eigenvalue weighted by Crippen LogP contribution is -2.16. The summed E-state index contributed by atoms with van der Waals surface area (Å²) >= 11 is 0. The Bertz CT molecular complexity index is 161. The molecule has 0 aromatic rings. The summed E-state index contributed by atoms with van der Waals surface area (Å²) in [6, 6.07) is 0. The van der Waals surface area contributed by atoms with Gasteiger partial charge in [-0.3, -0.25) is 0 Å². The van der Waals surface area contributed by atoms with Gasteiger partial charge in [-0.15, -0.1) is 0 Å². The lowest BCUT2D eigenvalue weighted by molar-refractivity contribution is 0.591. The first-order chi connectivity index (χ1) is 4.48. The second kappa shape index (κ2) is 3.30. The van der Waals surface area contributed by atoms with Gasteiger partial charge < -0.3 is 10.8 Å². The van der Waals surface area contributed by atoms with Gasteiger partial charge in [-0.25, -0.2) is 0 Å². The summed E-state index contributed by atoms with van der Waals surface area (Å²) in [5.41, 5.74) is 0.454. The zero-order valence-electron chi connectivity index (χ0n) is 6.73. The Labute approximate surface area is 62.0 Å². The fourth-order valence-corrected chi connectivity index (χ4v) is 0.394. The zero-order chi connectivity index (χ0) is 8.20. The van der Waals surface area contributed by atoms with E-state index in [1.807, 2.05) is 20.8 Å². The number of hydrogen-bond acceptors (Lipinski definition) is 2. The number of allylic oxidation sites excluding steroid dienone is 2. The largest absolute Gasteiger partial charge is 0.309 e. The normalized spacial score (nSPS) is 11.9. The second-order valence-corrected chi connectivity index (χ2v) is 3.19. The van der Waals surface area contributed by atoms with E-state index in [-0.39, 0.29) is 5.41 Å². The minimum atomic E-state index is -0.0977. The molecule has 0 aromatic carbocycles. The van der Waals surface area contributed by atoms with Crippen molar-refractivity contribution in [2.24, 2.45) is 5.41 Å². The van der Waals surface area contributed by atoms with Crippen molar-refractivity contribution in [1.29, 1.82) is 10.8 Å². The first-order valence-electron chi connectivity index (χ1n) is 3.24. The molecule has 0 heterocycles. The molecule has 0 radical (unpaired) electrons. The molecule has 0 aromatic heterocycles. The van der Waals surface area contributed by atoms with E-state index < -0.39 is 0 Å². The van der Waals surface area contributed by atoms with Crippen LogP contribution in [-0.2, 0) is 0 Å². The molecule has 0 unspecified atom stereocenters. The van der Waals surface area contributed by atoms with E-state index in [0.717, 1.165) is 0 Å². The first kappa shape index (κ1) is 9.08. The van der Waals surface area contributed by atoms with Crippen molar-refractivity contribution in [2.75, 3.05) is 0 Å². The fraction of sp³-hybridized carbons (Fsp3) is 0.500. The highest BCUT2D eigenvalue weighted by Gasteiger charge is 2.13. The summed E-state index contributed by atoms with van der Waals surface area (Å²) in [5.74, 6) is 0. The van der Waals surface area contributed by atoms with Crippen molar-refractivity contribution < 1.29 is 0 Å². The van der Waals surface area contributed by atoms with Gasteiger partial charge in [0.15, 0.2) is 0 Å². The van der Waals surface area contributed by atoms with Crippen molar-refractivity contribution in [3.63, 3.8) is 0 Å². The van der Waals surface area contributed by atoms with Gasteiger partial charge in [-0.05, 0) is 12.2 Å². The Morgan fingerprint density at radius 2 is 1.80 bits per heavy atom. The molecule has 0 atom stereocenters. The van der Waals surface area contributed by atoms with E-state index >= 15 is 0 Å². The minimum absolute atomic E-state index is 0.0977. The third kappa shape index (κ3) is 3.17. The van der Waals surface area contributed by atoms with Gasteiger partial charge in [0.05, 0.1) is 0 Å². The molecule has 0 spiro atoms. The predicted molar refractivity (Wildman–Crippen MR) is 45.1 cm³/mol. The average Bonchev–Trinajstić information content (AvgIpc) is 1.80. The van der Waals surface area contributed by atoms with Crippen LogP contribution in [0.25, 0.3) is 0 Å². The number of nitrogens with one attached hydrogen (secondary N) is 2. The van der Waals surface area contributed by atoms with Crippen LogP contribution in [0.4, 0.5) is 0 Å². The highest BCUT2D eigenvalue weighted by Crippen LogP contribution is 2.14. The van der Waals surface area contributed by atoms with Gasteiger partial charge in [0.1, 0.15) is 0 Å². The van der Waals surface area contributed by atoms with Crippen molar-refractivity contribution >= 4 is 11.9 Å². The Hall–Kier alpha value is -0.920. The van der Waals surface area contributed by atoms with Gasteiger partial charge in [0, 0.05) is 17.3 Å². The molecule has 10 heavy (non-hydrogen) atoms. The third-order valence-electron chi connectivity index (χ3n) is 1.17. The van der Waals surface area contributed by atoms with Crippen LogP contribution < -0.4 is 0 Å². The zero-order valence-corrected chi connectivity index (χ0v) is 6.73. The van der Waals surface area contributed by atoms with E-state index in [2.05, 4.69) is 0 Å². The molecule has 0 fully saturated rings. The van der Waals surface area contributed by atoms with Crippen LogP contribution in [0.1, 0.15) is 20.8 Å². The van der Waals surface area contributed by atoms with Crippen LogP contribution in [0.15, 0.2) is 12.2 Å². The van der Waals surface area contributed by atoms with Crippen molar-refractivity contribution in [1.82, 2.24) is 0 Å². The molecule has 0 aliphatic rings. The summed E-state index contributed by atoms with van der Waals surface area (Å²) in [6.07, 6.45) is 4.39. The molecule has 2 heteroatoms. The fourth-order valence-electron chi connectivity index (χ4n) is 0.394. The Morgan fingerprint density at radius 1 is 1.30 bits per heavy atom. The molecular weight excluding hydrogens is 124 g/mol. The summed E-state index contributed by atoms with van der Waals surface area (Å²) < 4.78 is 0. The van der Waals surface area contributed by atoms with Crippen LogP contribution in [0, 0.1) is 16.2 Å². The highest BCUT2D eigenvalue weighted by molar-refractivity contribution is 5.98. The van der Waals surface area contributed by atoms with E-state index in [0.29, 0.717) is 5.71 Å². The molecule has 56 valence electrons. The number of hydrogen-bond donors (Lipinski definition) is 2. The summed E-state index contributed by atoms with van der Waals surface area (Å²) in [7, 11) is 0. The summed E-state index contributed by atoms with van der Waals surface area (Å²) in [5, 5.41) is 14.1. The van der Waals surface area contributed by atoms with Crippen LogP contribution in [0.5, 0.6) is 0 Å². The quantitative estimate of drug-likeness (QED) is 0.550. The van der Waals surface area contributed by atoms with E-state index in [9.17, 15) is 0 Å². The van der Waals surface area contributed by atoms with Gasteiger partial charge in [-0.2, -0.15) is 0 Å². The molecule has 0 saturated carbocycles. The third-order valence-corrected chi connectivity index (χ3v) is 1.17. The van der Waals surface area contributed by atoms with Crippen LogP contribution >= 0.6 is 0 Å². The maximum absolute atomic E-state index is 7.45. The molecule has 0 aliphatic heterocycles. The van der Waals surface area contributed by atoms with Crippen LogP contribution in [-0.4, -0.2) is 11.9 Å². The van der Waals surface area contributed by atoms with Crippen molar-refractivity contribution in [3.05, 3.63) is 12.2 Å². The summed E-state index contributed by atoms with van der Waals surface area (Å²) in [6.45, 7) is 5.93. The molecule has 0 bridgehead atoms. The smallest absolute Gasteiger partial charge is 0.0367 e. The van der Waals surface area contributed by atoms with Crippen molar-refractivity contribution in [3.8, 4) is 0 Å². The van der Waals surface area contributed by atoms with Crippen molar-refractivity contribution in [2.45, 2.75) is 20.8 Å². The molecule has 2 N–H and O–H groups in total. The molecule has 2 nitrogen and oxygen atoms in total. The van der Waals surface area contributed by atoms with E-state index in [1.165, 1.54) is 6.21 Å². The maximum Gasteiger partial charge on any atom is 0.0367 e. The Balaban J connectivity index is 4.11. The Morgan fingerprint density at radius 3 is 2.10 bits per heavy atom. The SMILES string of the molecule is CC(C)(C)C(=N)/C=C\C=N. The first-order valence-corrected chi connectivity index (χ1v) is 3.24. The predicted octanol–water partition coefficient (Wildman–Crippen LogP) is 2.26. The average molecular weight is 138 g/mol. The minimum Gasteiger partial charge on any atom is -0.309 e. The lowest BCUT2D eigenvalue weighted by atomic mass is 9.90. The maximum atomic E-state index is 7.45. The van der Waals surface area contributed by atoms with Crippen LogP contribution in [0.3, 0.4) is 0 Å². The monoisotopic (exact) mass is 138 g/mol. The highest BCUT2D eigenvalue weighted by atomic mass is 14.5. The number of rotatable bonds is 2. The molecule has 0 aliphatic carbocycles. The summed E-state index contributed by atoms with van der Waals surface area (Å²) in [4.78, 5) is 0. The standard InChI is InChI=1S/C8H14N2/c1-8(2,3)7(10)5-4-6-9/h4-6,9-10H,1-3H3/b5-4-,9-6?,10-7?. The van der Waals surface area contributed by atoms with Gasteiger partial charge in [-0.1, -0.05) is 20.8 Å². The molecule has 0 amide bonds. The second-order valence-electron chi connectivity index (χ2n) is 3.19. The lowest BCUT2D eigenvalue weighted by Gasteiger charge is -2.15. The van der Waals surface area contributed by atoms with E-state index in [1.54, 1.807) is 12.2 Å². The molecule has 0 saturated heterocycles. The molecule has 0 rings (SSSR count). The topological polar surface area (TPSA) is 47.7 Å². The molecular formula is C8H14N2. The van der Waals surface area contributed by atoms with Gasteiger partial charge in [0.25, 0.3) is 0 Å². The van der Waals surface area contributed by atoms with Crippen LogP contribution in [0.2, 0.25) is 0 Å².